The van der Waals surface area contributed by atoms with Gasteiger partial charge in [-0.2, -0.15) is 5.10 Å². The summed E-state index contributed by atoms with van der Waals surface area (Å²) < 4.78 is 0. The molecule has 0 radical (unpaired) electrons. The van der Waals surface area contributed by atoms with E-state index in [-0.39, 0.29) is 5.91 Å². The molecule has 0 unspecified atom stereocenters. The third kappa shape index (κ3) is 4.27. The molecular formula is C28H25N7OS. The predicted molar refractivity (Wildman–Crippen MR) is 148 cm³/mol. The van der Waals surface area contributed by atoms with E-state index in [4.69, 9.17) is 4.98 Å². The molecule has 5 aromatic heterocycles. The van der Waals surface area contributed by atoms with E-state index in [1.807, 2.05) is 45.2 Å². The average molecular weight is 508 g/mol. The SMILES string of the molecule is Cc1ccc(-c2cncc3[nH]c(-c4n[nH]c5ccc(-c6cncc(NC(=O)C(C)(C)C)c6)cc45)nc23)s1. The summed E-state index contributed by atoms with van der Waals surface area (Å²) in [5, 5.41) is 11.6. The molecule has 37 heavy (non-hydrogen) atoms. The van der Waals surface area contributed by atoms with E-state index >= 15 is 0 Å². The Morgan fingerprint density at radius 2 is 1.78 bits per heavy atom. The molecular weight excluding hydrogens is 482 g/mol. The normalized spacial score (nSPS) is 11.9. The number of amides is 1. The Kier molecular flexibility index (Phi) is 5.38. The minimum Gasteiger partial charge on any atom is -0.335 e. The van der Waals surface area contributed by atoms with Crippen LogP contribution in [-0.4, -0.2) is 36.0 Å². The van der Waals surface area contributed by atoms with Gasteiger partial charge in [0.1, 0.15) is 11.2 Å². The maximum absolute atomic E-state index is 12.4. The van der Waals surface area contributed by atoms with Gasteiger partial charge in [-0.25, -0.2) is 4.98 Å². The van der Waals surface area contributed by atoms with E-state index in [1.54, 1.807) is 29.9 Å². The number of H-pyrrole nitrogens is 2. The average Bonchev–Trinajstić information content (AvgIpc) is 3.60. The van der Waals surface area contributed by atoms with E-state index in [0.29, 0.717) is 11.5 Å². The molecule has 0 fully saturated rings. The Morgan fingerprint density at radius 1 is 0.946 bits per heavy atom. The van der Waals surface area contributed by atoms with Crippen LogP contribution in [-0.2, 0) is 4.79 Å². The van der Waals surface area contributed by atoms with Crippen molar-refractivity contribution >= 4 is 44.9 Å². The lowest BCUT2D eigenvalue weighted by Gasteiger charge is -2.17. The summed E-state index contributed by atoms with van der Waals surface area (Å²) in [7, 11) is 0. The third-order valence-electron chi connectivity index (χ3n) is 6.20. The van der Waals surface area contributed by atoms with Crippen LogP contribution in [0, 0.1) is 12.3 Å². The van der Waals surface area contributed by atoms with Crippen molar-refractivity contribution in [2.45, 2.75) is 27.7 Å². The molecule has 8 nitrogen and oxygen atoms in total. The summed E-state index contributed by atoms with van der Waals surface area (Å²) in [6, 6.07) is 12.2. The third-order valence-corrected chi connectivity index (χ3v) is 7.23. The van der Waals surface area contributed by atoms with Gasteiger partial charge in [-0.3, -0.25) is 19.9 Å². The van der Waals surface area contributed by atoms with Crippen LogP contribution in [0.3, 0.4) is 0 Å². The number of aromatic nitrogens is 6. The van der Waals surface area contributed by atoms with Crippen molar-refractivity contribution in [2.24, 2.45) is 5.41 Å². The van der Waals surface area contributed by atoms with Gasteiger partial charge in [-0.1, -0.05) is 26.8 Å². The van der Waals surface area contributed by atoms with Crippen LogP contribution in [0.4, 0.5) is 5.69 Å². The first-order valence-corrected chi connectivity index (χ1v) is 12.7. The van der Waals surface area contributed by atoms with Gasteiger partial charge in [-0.05, 0) is 42.8 Å². The van der Waals surface area contributed by atoms with E-state index in [1.165, 1.54) is 4.88 Å². The quantitative estimate of drug-likeness (QED) is 0.249. The second-order valence-corrected chi connectivity index (χ2v) is 11.4. The molecule has 5 heterocycles. The zero-order chi connectivity index (χ0) is 25.7. The van der Waals surface area contributed by atoms with Crippen LogP contribution in [0.25, 0.3) is 55.0 Å². The largest absolute Gasteiger partial charge is 0.335 e. The lowest BCUT2D eigenvalue weighted by atomic mass is 9.95. The number of hydrogen-bond acceptors (Lipinski definition) is 6. The van der Waals surface area contributed by atoms with Crippen LogP contribution >= 0.6 is 11.3 Å². The van der Waals surface area contributed by atoms with E-state index in [9.17, 15) is 4.79 Å². The first-order chi connectivity index (χ1) is 17.8. The number of rotatable bonds is 4. The van der Waals surface area contributed by atoms with Crippen LogP contribution in [0.2, 0.25) is 0 Å². The van der Waals surface area contributed by atoms with E-state index in [0.717, 1.165) is 49.2 Å². The lowest BCUT2D eigenvalue weighted by molar-refractivity contribution is -0.123. The van der Waals surface area contributed by atoms with Crippen LogP contribution < -0.4 is 5.32 Å². The van der Waals surface area contributed by atoms with Gasteiger partial charge >= 0.3 is 0 Å². The molecule has 0 bridgehead atoms. The number of aryl methyl sites for hydroxylation is 1. The van der Waals surface area contributed by atoms with Crippen LogP contribution in [0.15, 0.2) is 61.2 Å². The monoisotopic (exact) mass is 507 g/mol. The zero-order valence-electron chi connectivity index (χ0n) is 20.9. The number of aromatic amines is 2. The smallest absolute Gasteiger partial charge is 0.229 e. The molecule has 3 N–H and O–H groups in total. The molecule has 0 spiro atoms. The minimum absolute atomic E-state index is 0.0597. The molecule has 0 aliphatic heterocycles. The Balaban J connectivity index is 1.40. The summed E-state index contributed by atoms with van der Waals surface area (Å²) in [4.78, 5) is 31.9. The highest BCUT2D eigenvalue weighted by atomic mass is 32.1. The topological polar surface area (TPSA) is 112 Å². The van der Waals surface area contributed by atoms with E-state index in [2.05, 4.69) is 55.6 Å². The summed E-state index contributed by atoms with van der Waals surface area (Å²) >= 11 is 1.72. The zero-order valence-corrected chi connectivity index (χ0v) is 21.7. The van der Waals surface area contributed by atoms with Crippen molar-refractivity contribution in [3.8, 4) is 33.1 Å². The van der Waals surface area contributed by atoms with Gasteiger partial charge in [0.25, 0.3) is 0 Å². The number of fused-ring (bicyclic) bond motifs is 2. The molecule has 0 atom stereocenters. The van der Waals surface area contributed by atoms with Crippen molar-refractivity contribution < 1.29 is 4.79 Å². The van der Waals surface area contributed by atoms with Gasteiger partial charge in [0.05, 0.1) is 29.1 Å². The number of imidazole rings is 1. The number of nitrogens with one attached hydrogen (secondary N) is 3. The highest BCUT2D eigenvalue weighted by Gasteiger charge is 2.21. The Morgan fingerprint density at radius 3 is 2.57 bits per heavy atom. The Labute approximate surface area is 217 Å². The van der Waals surface area contributed by atoms with Gasteiger partial charge in [0, 0.05) is 44.1 Å². The second kappa shape index (κ2) is 8.63. The molecule has 6 rings (SSSR count). The summed E-state index contributed by atoms with van der Waals surface area (Å²) in [6.07, 6.45) is 7.09. The number of thiophene rings is 1. The van der Waals surface area contributed by atoms with Gasteiger partial charge < -0.3 is 10.3 Å². The number of pyridine rings is 2. The fourth-order valence-corrected chi connectivity index (χ4v) is 5.04. The van der Waals surface area contributed by atoms with Gasteiger partial charge in [-0.15, -0.1) is 11.3 Å². The van der Waals surface area contributed by atoms with Crippen molar-refractivity contribution in [3.63, 3.8) is 0 Å². The summed E-state index contributed by atoms with van der Waals surface area (Å²) in [6.45, 7) is 7.74. The van der Waals surface area contributed by atoms with Gasteiger partial charge in [0.2, 0.25) is 5.91 Å². The molecule has 0 saturated heterocycles. The van der Waals surface area contributed by atoms with Crippen molar-refractivity contribution in [3.05, 3.63) is 66.1 Å². The number of anilines is 1. The van der Waals surface area contributed by atoms with E-state index < -0.39 is 5.41 Å². The minimum atomic E-state index is -0.495. The molecule has 9 heteroatoms. The van der Waals surface area contributed by atoms with Crippen molar-refractivity contribution in [2.75, 3.05) is 5.32 Å². The van der Waals surface area contributed by atoms with Gasteiger partial charge in [0.15, 0.2) is 5.82 Å². The summed E-state index contributed by atoms with van der Waals surface area (Å²) in [5.41, 5.74) is 6.37. The van der Waals surface area contributed by atoms with Crippen LogP contribution in [0.5, 0.6) is 0 Å². The number of carbonyl (C=O) groups is 1. The number of carbonyl (C=O) groups excluding carboxylic acids is 1. The second-order valence-electron chi connectivity index (χ2n) is 10.1. The standard InChI is InChI=1S/C28H25N7OS/c1-15-5-8-23(37-15)20-13-30-14-22-24(20)33-26(32-22)25-19-10-16(6-7-21(19)34-35-25)17-9-18(12-29-11-17)31-27(36)28(2,3)4/h5-14H,1-4H3,(H,31,36)(H,32,33)(H,34,35). The summed E-state index contributed by atoms with van der Waals surface area (Å²) in [5.74, 6) is 0.612. The maximum atomic E-state index is 12.4. The lowest BCUT2D eigenvalue weighted by Crippen LogP contribution is -2.27. The fourth-order valence-electron chi connectivity index (χ4n) is 4.16. The Hall–Kier alpha value is -4.37. The molecule has 0 aliphatic rings. The highest BCUT2D eigenvalue weighted by molar-refractivity contribution is 7.15. The first-order valence-electron chi connectivity index (χ1n) is 11.9. The fraction of sp³-hybridized carbons (Fsp3) is 0.179. The predicted octanol–water partition coefficient (Wildman–Crippen LogP) is 6.58. The number of hydrogen-bond donors (Lipinski definition) is 3. The Bertz CT molecular complexity index is 1790. The molecule has 1 aromatic carbocycles. The molecule has 6 aromatic rings. The number of benzene rings is 1. The number of nitrogens with zero attached hydrogens (tertiary/aromatic N) is 4. The highest BCUT2D eigenvalue weighted by Crippen LogP contribution is 2.35. The first kappa shape index (κ1) is 23.1. The van der Waals surface area contributed by atoms with Crippen molar-refractivity contribution in [1.29, 1.82) is 0 Å². The van der Waals surface area contributed by atoms with Crippen LogP contribution in [0.1, 0.15) is 25.6 Å². The molecule has 0 aliphatic carbocycles. The molecule has 184 valence electrons. The maximum Gasteiger partial charge on any atom is 0.229 e. The van der Waals surface area contributed by atoms with Crippen molar-refractivity contribution in [1.82, 2.24) is 30.1 Å². The molecule has 0 saturated carbocycles. The molecule has 1 amide bonds.